The van der Waals surface area contributed by atoms with Crippen molar-refractivity contribution in [1.29, 1.82) is 0 Å². The summed E-state index contributed by atoms with van der Waals surface area (Å²) in [6.07, 6.45) is -2.04. The fourth-order valence-electron chi connectivity index (χ4n) is 3.50. The van der Waals surface area contributed by atoms with Gasteiger partial charge in [-0.15, -0.1) is 11.3 Å². The molecule has 0 unspecified atom stereocenters. The maximum Gasteiger partial charge on any atom is 0.390 e. The van der Waals surface area contributed by atoms with E-state index in [0.29, 0.717) is 35.1 Å². The summed E-state index contributed by atoms with van der Waals surface area (Å²) in [5.74, 6) is 0. The van der Waals surface area contributed by atoms with Crippen molar-refractivity contribution in [2.24, 2.45) is 5.10 Å². The van der Waals surface area contributed by atoms with E-state index in [9.17, 15) is 22.8 Å². The molecular formula is C20H27F3N4O2S. The zero-order chi connectivity index (χ0) is 22.5. The Morgan fingerprint density at radius 1 is 1.23 bits per heavy atom. The molecule has 10 heteroatoms. The molecule has 1 saturated carbocycles. The van der Waals surface area contributed by atoms with E-state index in [4.69, 9.17) is 0 Å². The van der Waals surface area contributed by atoms with E-state index < -0.39 is 35.9 Å². The molecule has 0 saturated heterocycles. The number of hydrogen-bond donors (Lipinski definition) is 1. The fraction of sp³-hybridized carbons (Fsp3) is 0.650. The maximum atomic E-state index is 13.3. The Morgan fingerprint density at radius 2 is 1.87 bits per heavy atom. The summed E-state index contributed by atoms with van der Waals surface area (Å²) in [5.41, 5.74) is 1.66. The summed E-state index contributed by atoms with van der Waals surface area (Å²) >= 11 is 1.12. The van der Waals surface area contributed by atoms with Gasteiger partial charge in [0.25, 0.3) is 5.56 Å². The van der Waals surface area contributed by atoms with E-state index in [1.165, 1.54) is 4.57 Å². The average Bonchev–Trinajstić information content (AvgIpc) is 3.32. The lowest BCUT2D eigenvalue weighted by Gasteiger charge is -2.19. The molecule has 0 amide bonds. The van der Waals surface area contributed by atoms with Crippen LogP contribution in [0.15, 0.2) is 14.7 Å². The number of fused-ring (bicyclic) bond motifs is 1. The Morgan fingerprint density at radius 3 is 2.37 bits per heavy atom. The van der Waals surface area contributed by atoms with Crippen LogP contribution in [0.4, 0.5) is 13.2 Å². The number of thiophene rings is 1. The lowest BCUT2D eigenvalue weighted by molar-refractivity contribution is -0.136. The third-order valence-corrected chi connectivity index (χ3v) is 6.66. The van der Waals surface area contributed by atoms with Crippen LogP contribution in [0.3, 0.4) is 0 Å². The standard InChI is InChI=1S/C20H27F3N4O2S/c1-6-19(7-8-19)27-15(28)14-12(2)13(11-24-25-18(3,4)5)30-16(14)26(17(27)29)10-9-20(21,22)23/h11,25H,6-10H2,1-5H3. The zero-order valence-corrected chi connectivity index (χ0v) is 18.6. The molecule has 2 aromatic rings. The van der Waals surface area contributed by atoms with Gasteiger partial charge in [-0.05, 0) is 52.5 Å². The van der Waals surface area contributed by atoms with Gasteiger partial charge in [-0.3, -0.25) is 13.9 Å². The van der Waals surface area contributed by atoms with Gasteiger partial charge in [-0.2, -0.15) is 18.3 Å². The van der Waals surface area contributed by atoms with Crippen LogP contribution in [-0.4, -0.2) is 27.1 Å². The third-order valence-electron chi connectivity index (χ3n) is 5.41. The van der Waals surface area contributed by atoms with Crippen molar-refractivity contribution in [3.8, 4) is 0 Å². The van der Waals surface area contributed by atoms with E-state index in [-0.39, 0.29) is 10.4 Å². The molecular weight excluding hydrogens is 417 g/mol. The molecule has 0 aromatic carbocycles. The number of nitrogens with one attached hydrogen (secondary N) is 1. The number of hydrazone groups is 1. The van der Waals surface area contributed by atoms with Gasteiger partial charge in [0.1, 0.15) is 4.83 Å². The minimum atomic E-state index is -4.40. The number of aryl methyl sites for hydroxylation is 2. The van der Waals surface area contributed by atoms with Crippen molar-refractivity contribution in [2.75, 3.05) is 0 Å². The monoisotopic (exact) mass is 444 g/mol. The Labute approximate surface area is 176 Å². The average molecular weight is 445 g/mol. The van der Waals surface area contributed by atoms with Crippen molar-refractivity contribution < 1.29 is 13.2 Å². The molecule has 1 aliphatic rings. The Hall–Kier alpha value is -2.10. The first-order valence-corrected chi connectivity index (χ1v) is 10.8. The van der Waals surface area contributed by atoms with Crippen LogP contribution in [0.5, 0.6) is 0 Å². The van der Waals surface area contributed by atoms with E-state index >= 15 is 0 Å². The lowest BCUT2D eigenvalue weighted by atomic mass is 10.1. The highest BCUT2D eigenvalue weighted by Gasteiger charge is 2.46. The van der Waals surface area contributed by atoms with Crippen LogP contribution >= 0.6 is 11.3 Å². The molecule has 1 aliphatic carbocycles. The molecule has 2 aromatic heterocycles. The van der Waals surface area contributed by atoms with Crippen molar-refractivity contribution >= 4 is 27.8 Å². The number of aromatic nitrogens is 2. The van der Waals surface area contributed by atoms with Gasteiger partial charge in [-0.1, -0.05) is 6.92 Å². The molecule has 166 valence electrons. The van der Waals surface area contributed by atoms with E-state index in [1.54, 1.807) is 13.1 Å². The molecule has 1 fully saturated rings. The van der Waals surface area contributed by atoms with Gasteiger partial charge in [0.15, 0.2) is 0 Å². The van der Waals surface area contributed by atoms with Crippen LogP contribution in [0, 0.1) is 6.92 Å². The fourth-order valence-corrected chi connectivity index (χ4v) is 4.70. The van der Waals surface area contributed by atoms with Crippen molar-refractivity contribution in [3.63, 3.8) is 0 Å². The Balaban J connectivity index is 2.22. The van der Waals surface area contributed by atoms with E-state index in [0.717, 1.165) is 15.9 Å². The molecule has 0 aliphatic heterocycles. The van der Waals surface area contributed by atoms with Crippen molar-refractivity contribution in [1.82, 2.24) is 14.6 Å². The normalized spacial score (nSPS) is 16.5. The van der Waals surface area contributed by atoms with E-state index in [1.807, 2.05) is 27.7 Å². The van der Waals surface area contributed by atoms with Gasteiger partial charge in [-0.25, -0.2) is 4.79 Å². The first-order valence-electron chi connectivity index (χ1n) is 9.96. The van der Waals surface area contributed by atoms with Crippen molar-refractivity contribution in [3.05, 3.63) is 31.3 Å². The van der Waals surface area contributed by atoms with E-state index in [2.05, 4.69) is 10.5 Å². The quantitative estimate of drug-likeness (QED) is 0.539. The second-order valence-electron chi connectivity index (χ2n) is 8.91. The summed E-state index contributed by atoms with van der Waals surface area (Å²) in [5, 5.41) is 4.50. The van der Waals surface area contributed by atoms with Crippen LogP contribution in [0.1, 0.15) is 63.8 Å². The number of nitrogens with zero attached hydrogens (tertiary/aromatic N) is 3. The highest BCUT2D eigenvalue weighted by Crippen LogP contribution is 2.45. The molecule has 2 heterocycles. The predicted molar refractivity (Wildman–Crippen MR) is 114 cm³/mol. The van der Waals surface area contributed by atoms with Crippen LogP contribution in [0.2, 0.25) is 0 Å². The number of halogens is 3. The lowest BCUT2D eigenvalue weighted by Crippen LogP contribution is -2.45. The van der Waals surface area contributed by atoms with Crippen LogP contribution in [-0.2, 0) is 12.1 Å². The summed E-state index contributed by atoms with van der Waals surface area (Å²) in [4.78, 5) is 27.3. The smallest absolute Gasteiger partial charge is 0.305 e. The number of hydrogen-bond acceptors (Lipinski definition) is 5. The zero-order valence-electron chi connectivity index (χ0n) is 17.8. The molecule has 0 atom stereocenters. The van der Waals surface area contributed by atoms with Crippen molar-refractivity contribution in [2.45, 2.75) is 84.1 Å². The first kappa shape index (κ1) is 22.6. The summed E-state index contributed by atoms with van der Waals surface area (Å²) < 4.78 is 41.1. The number of alkyl halides is 3. The van der Waals surface area contributed by atoms with Gasteiger partial charge < -0.3 is 5.43 Å². The second kappa shape index (κ2) is 7.55. The largest absolute Gasteiger partial charge is 0.390 e. The highest BCUT2D eigenvalue weighted by molar-refractivity contribution is 7.20. The van der Waals surface area contributed by atoms with Gasteiger partial charge in [0, 0.05) is 12.1 Å². The van der Waals surface area contributed by atoms with Crippen LogP contribution < -0.4 is 16.7 Å². The minimum absolute atomic E-state index is 0.262. The Bertz CT molecular complexity index is 1100. The maximum absolute atomic E-state index is 13.3. The predicted octanol–water partition coefficient (Wildman–Crippen LogP) is 4.11. The Kier molecular flexibility index (Phi) is 5.68. The number of rotatable bonds is 6. The summed E-state index contributed by atoms with van der Waals surface area (Å²) in [6, 6.07) is 0. The SMILES string of the molecule is CCC1(n2c(=O)c3c(C)c(C=NNC(C)(C)C)sc3n(CCC(F)(F)F)c2=O)CC1. The van der Waals surface area contributed by atoms with Gasteiger partial charge in [0.05, 0.1) is 28.4 Å². The minimum Gasteiger partial charge on any atom is -0.305 e. The molecule has 6 nitrogen and oxygen atoms in total. The molecule has 1 N–H and O–H groups in total. The molecule has 3 rings (SSSR count). The first-order chi connectivity index (χ1) is 13.8. The highest BCUT2D eigenvalue weighted by atomic mass is 32.1. The topological polar surface area (TPSA) is 68.4 Å². The summed E-state index contributed by atoms with van der Waals surface area (Å²) in [6.45, 7) is 8.93. The van der Waals surface area contributed by atoms with Gasteiger partial charge >= 0.3 is 11.9 Å². The molecule has 30 heavy (non-hydrogen) atoms. The van der Waals surface area contributed by atoms with Crippen LogP contribution in [0.25, 0.3) is 10.2 Å². The third kappa shape index (κ3) is 4.33. The molecule has 0 radical (unpaired) electrons. The molecule has 0 bridgehead atoms. The second-order valence-corrected chi connectivity index (χ2v) is 9.94. The van der Waals surface area contributed by atoms with Gasteiger partial charge in [0.2, 0.25) is 0 Å². The summed E-state index contributed by atoms with van der Waals surface area (Å²) in [7, 11) is 0. The molecule has 0 spiro atoms.